The molecule has 0 amide bonds. The van der Waals surface area contributed by atoms with Gasteiger partial charge in [0.15, 0.2) is 5.84 Å². The van der Waals surface area contributed by atoms with Gasteiger partial charge < -0.3 is 10.9 Å². The molecule has 1 aromatic carbocycles. The molecule has 19 heavy (non-hydrogen) atoms. The fourth-order valence-electron chi connectivity index (χ4n) is 2.47. The predicted molar refractivity (Wildman–Crippen MR) is 72.9 cm³/mol. The molecule has 4 nitrogen and oxygen atoms in total. The summed E-state index contributed by atoms with van der Waals surface area (Å²) in [6.07, 6.45) is 2.92. The summed E-state index contributed by atoms with van der Waals surface area (Å²) in [4.78, 5) is 2.07. The van der Waals surface area contributed by atoms with Crippen molar-refractivity contribution in [3.05, 3.63) is 34.6 Å². The summed E-state index contributed by atoms with van der Waals surface area (Å²) in [6, 6.07) is 4.66. The number of hydrogen-bond acceptors (Lipinski definition) is 3. The molecule has 2 rings (SSSR count). The number of hydrogen-bond donors (Lipinski definition) is 2. The number of rotatable bonds is 3. The number of piperidine rings is 1. The van der Waals surface area contributed by atoms with Gasteiger partial charge in [0.1, 0.15) is 5.82 Å². The van der Waals surface area contributed by atoms with Gasteiger partial charge in [-0.05, 0) is 31.0 Å². The molecule has 6 heteroatoms. The number of oxime groups is 1. The van der Waals surface area contributed by atoms with Crippen molar-refractivity contribution < 1.29 is 9.60 Å². The number of halogens is 2. The Kier molecular flexibility index (Phi) is 4.61. The van der Waals surface area contributed by atoms with Gasteiger partial charge in [-0.25, -0.2) is 4.39 Å². The first-order valence-corrected chi connectivity index (χ1v) is 6.65. The van der Waals surface area contributed by atoms with Crippen LogP contribution in [-0.4, -0.2) is 28.5 Å². The van der Waals surface area contributed by atoms with E-state index in [1.54, 1.807) is 12.1 Å². The molecule has 1 unspecified atom stereocenters. The second-order valence-corrected chi connectivity index (χ2v) is 5.10. The fourth-order valence-corrected chi connectivity index (χ4v) is 2.66. The Morgan fingerprint density at radius 3 is 3.05 bits per heavy atom. The van der Waals surface area contributed by atoms with Gasteiger partial charge in [-0.15, -0.1) is 0 Å². The molecule has 1 aliphatic rings. The van der Waals surface area contributed by atoms with Gasteiger partial charge in [0.2, 0.25) is 0 Å². The van der Waals surface area contributed by atoms with Gasteiger partial charge in [0.25, 0.3) is 0 Å². The van der Waals surface area contributed by atoms with Crippen molar-refractivity contribution in [3.8, 4) is 0 Å². The molecule has 1 atom stereocenters. The Bertz CT molecular complexity index is 481. The highest BCUT2D eigenvalue weighted by Crippen LogP contribution is 2.25. The molecule has 1 fully saturated rings. The van der Waals surface area contributed by atoms with Crippen LogP contribution in [0.1, 0.15) is 24.8 Å². The third kappa shape index (κ3) is 3.16. The van der Waals surface area contributed by atoms with Gasteiger partial charge in [-0.2, -0.15) is 0 Å². The standard InChI is InChI=1S/C13H17ClFN3O/c14-12-9(4-3-5-10(12)15)8-18-7-2-1-6-11(18)13(16)17-19/h3-5,11,19H,1-2,6-8H2,(H2,16,17). The van der Waals surface area contributed by atoms with Crippen LogP contribution in [0.25, 0.3) is 0 Å². The summed E-state index contributed by atoms with van der Waals surface area (Å²) >= 11 is 5.96. The van der Waals surface area contributed by atoms with Crippen LogP contribution < -0.4 is 5.73 Å². The van der Waals surface area contributed by atoms with Crippen LogP contribution in [0.3, 0.4) is 0 Å². The lowest BCUT2D eigenvalue weighted by Gasteiger charge is -2.34. The molecule has 1 aliphatic heterocycles. The van der Waals surface area contributed by atoms with Crippen molar-refractivity contribution in [1.82, 2.24) is 4.90 Å². The van der Waals surface area contributed by atoms with Crippen molar-refractivity contribution in [2.45, 2.75) is 31.8 Å². The minimum atomic E-state index is -0.420. The zero-order valence-electron chi connectivity index (χ0n) is 10.5. The van der Waals surface area contributed by atoms with Crippen LogP contribution in [0.5, 0.6) is 0 Å². The number of benzene rings is 1. The van der Waals surface area contributed by atoms with Crippen molar-refractivity contribution in [1.29, 1.82) is 0 Å². The summed E-state index contributed by atoms with van der Waals surface area (Å²) in [5.41, 5.74) is 6.43. The molecular weight excluding hydrogens is 269 g/mol. The molecule has 1 heterocycles. The lowest BCUT2D eigenvalue weighted by atomic mass is 10.0. The predicted octanol–water partition coefficient (Wildman–Crippen LogP) is 2.58. The maximum absolute atomic E-state index is 13.4. The first-order valence-electron chi connectivity index (χ1n) is 6.28. The third-order valence-corrected chi connectivity index (χ3v) is 3.90. The maximum Gasteiger partial charge on any atom is 0.156 e. The number of amidine groups is 1. The summed E-state index contributed by atoms with van der Waals surface area (Å²) in [6.45, 7) is 1.32. The molecule has 1 saturated heterocycles. The largest absolute Gasteiger partial charge is 0.409 e. The average Bonchev–Trinajstić information content (AvgIpc) is 2.43. The number of likely N-dealkylation sites (tertiary alicyclic amines) is 1. The summed E-state index contributed by atoms with van der Waals surface area (Å²) in [7, 11) is 0. The van der Waals surface area contributed by atoms with E-state index in [-0.39, 0.29) is 16.9 Å². The zero-order valence-corrected chi connectivity index (χ0v) is 11.3. The Labute approximate surface area is 116 Å². The van der Waals surface area contributed by atoms with Crippen molar-refractivity contribution in [2.75, 3.05) is 6.54 Å². The van der Waals surface area contributed by atoms with Gasteiger partial charge in [-0.3, -0.25) is 4.90 Å². The second-order valence-electron chi connectivity index (χ2n) is 4.72. The minimum Gasteiger partial charge on any atom is -0.409 e. The molecule has 3 N–H and O–H groups in total. The van der Waals surface area contributed by atoms with E-state index in [2.05, 4.69) is 10.1 Å². The monoisotopic (exact) mass is 285 g/mol. The zero-order chi connectivity index (χ0) is 13.8. The number of nitrogens with two attached hydrogens (primary N) is 1. The Morgan fingerprint density at radius 2 is 2.32 bits per heavy atom. The minimum absolute atomic E-state index is 0.113. The van der Waals surface area contributed by atoms with E-state index in [1.165, 1.54) is 6.07 Å². The molecule has 1 aromatic rings. The van der Waals surface area contributed by atoms with E-state index in [9.17, 15) is 4.39 Å². The molecule has 0 aromatic heterocycles. The van der Waals surface area contributed by atoms with Gasteiger partial charge in [0, 0.05) is 6.54 Å². The topological polar surface area (TPSA) is 61.9 Å². The van der Waals surface area contributed by atoms with E-state index >= 15 is 0 Å². The SMILES string of the molecule is N/C(=N/O)C1CCCCN1Cc1cccc(F)c1Cl. The third-order valence-electron chi connectivity index (χ3n) is 3.48. The highest BCUT2D eigenvalue weighted by atomic mass is 35.5. The van der Waals surface area contributed by atoms with E-state index in [1.807, 2.05) is 0 Å². The lowest BCUT2D eigenvalue weighted by Crippen LogP contribution is -2.47. The molecule has 104 valence electrons. The van der Waals surface area contributed by atoms with Crippen molar-refractivity contribution in [3.63, 3.8) is 0 Å². The highest BCUT2D eigenvalue weighted by molar-refractivity contribution is 6.31. The van der Waals surface area contributed by atoms with E-state index < -0.39 is 5.82 Å². The molecule has 0 bridgehead atoms. The maximum atomic E-state index is 13.4. The fraction of sp³-hybridized carbons (Fsp3) is 0.462. The summed E-state index contributed by atoms with van der Waals surface area (Å²) in [5.74, 6) is -0.219. The number of nitrogens with zero attached hydrogens (tertiary/aromatic N) is 2. The van der Waals surface area contributed by atoms with Crippen LogP contribution in [0, 0.1) is 5.82 Å². The molecule has 0 radical (unpaired) electrons. The molecular formula is C13H17ClFN3O. The van der Waals surface area contributed by atoms with E-state index in [0.29, 0.717) is 6.54 Å². The van der Waals surface area contributed by atoms with Crippen molar-refractivity contribution in [2.24, 2.45) is 10.9 Å². The molecule has 0 aliphatic carbocycles. The van der Waals surface area contributed by atoms with Crippen LogP contribution in [-0.2, 0) is 6.54 Å². The van der Waals surface area contributed by atoms with E-state index in [4.69, 9.17) is 22.5 Å². The van der Waals surface area contributed by atoms with Crippen molar-refractivity contribution >= 4 is 17.4 Å². The normalized spacial score (nSPS) is 21.6. The first kappa shape index (κ1) is 14.1. The van der Waals surface area contributed by atoms with Crippen LogP contribution in [0.4, 0.5) is 4.39 Å². The first-order chi connectivity index (χ1) is 9.13. The quantitative estimate of drug-likeness (QED) is 0.388. The highest BCUT2D eigenvalue weighted by Gasteiger charge is 2.26. The van der Waals surface area contributed by atoms with Gasteiger partial charge >= 0.3 is 0 Å². The van der Waals surface area contributed by atoms with E-state index in [0.717, 1.165) is 31.4 Å². The van der Waals surface area contributed by atoms with Crippen LogP contribution >= 0.6 is 11.6 Å². The lowest BCUT2D eigenvalue weighted by molar-refractivity contribution is 0.178. The van der Waals surface area contributed by atoms with Gasteiger partial charge in [0.05, 0.1) is 11.1 Å². The Balaban J connectivity index is 2.18. The second kappa shape index (κ2) is 6.21. The van der Waals surface area contributed by atoms with Gasteiger partial charge in [-0.1, -0.05) is 35.3 Å². The van der Waals surface area contributed by atoms with Crippen LogP contribution in [0.15, 0.2) is 23.4 Å². The molecule has 0 spiro atoms. The summed E-state index contributed by atoms with van der Waals surface area (Å²) < 4.78 is 13.4. The Morgan fingerprint density at radius 1 is 1.53 bits per heavy atom. The van der Waals surface area contributed by atoms with Crippen LogP contribution in [0.2, 0.25) is 5.02 Å². The Hall–Kier alpha value is -1.33. The summed E-state index contributed by atoms with van der Waals surface area (Å²) in [5, 5.41) is 12.1. The smallest absolute Gasteiger partial charge is 0.156 e. The molecule has 0 saturated carbocycles. The average molecular weight is 286 g/mol.